The van der Waals surface area contributed by atoms with E-state index in [9.17, 15) is 0 Å². The second kappa shape index (κ2) is 3.32. The van der Waals surface area contributed by atoms with Gasteiger partial charge in [0.25, 0.3) is 0 Å². The summed E-state index contributed by atoms with van der Waals surface area (Å²) in [4.78, 5) is 2.14. The average molecular weight is 144 g/mol. The van der Waals surface area contributed by atoms with Gasteiger partial charge in [-0.15, -0.1) is 0 Å². The van der Waals surface area contributed by atoms with E-state index >= 15 is 0 Å². The van der Waals surface area contributed by atoms with Gasteiger partial charge in [0.05, 0.1) is 6.10 Å². The molecule has 1 saturated heterocycles. The Morgan fingerprint density at radius 2 is 2.30 bits per heavy atom. The molecule has 3 heteroatoms. The number of nitrogens with one attached hydrogen (secondary N) is 1. The first-order valence-electron chi connectivity index (χ1n) is 3.72. The van der Waals surface area contributed by atoms with E-state index in [4.69, 9.17) is 4.74 Å². The van der Waals surface area contributed by atoms with Crippen LogP contribution in [0.15, 0.2) is 0 Å². The van der Waals surface area contributed by atoms with Crippen LogP contribution in [0.5, 0.6) is 0 Å². The first-order chi connectivity index (χ1) is 4.68. The zero-order chi connectivity index (χ0) is 7.56. The van der Waals surface area contributed by atoms with Gasteiger partial charge in [0.2, 0.25) is 0 Å². The SMILES string of the molecule is C[C@H]1NC[C@H](CN(C)C)O1. The molecular formula is C7H16N2O. The van der Waals surface area contributed by atoms with E-state index in [-0.39, 0.29) is 6.23 Å². The molecule has 1 heterocycles. The Morgan fingerprint density at radius 1 is 1.60 bits per heavy atom. The van der Waals surface area contributed by atoms with E-state index < -0.39 is 0 Å². The van der Waals surface area contributed by atoms with Crippen LogP contribution in [0.4, 0.5) is 0 Å². The van der Waals surface area contributed by atoms with E-state index in [1.165, 1.54) is 0 Å². The monoisotopic (exact) mass is 144 g/mol. The van der Waals surface area contributed by atoms with Crippen LogP contribution in [0.1, 0.15) is 6.92 Å². The van der Waals surface area contributed by atoms with Crippen LogP contribution in [-0.2, 0) is 4.74 Å². The Labute approximate surface area is 62.3 Å². The molecule has 1 aliphatic heterocycles. The fraction of sp³-hybridized carbons (Fsp3) is 1.00. The van der Waals surface area contributed by atoms with Crippen molar-refractivity contribution in [2.75, 3.05) is 27.2 Å². The van der Waals surface area contributed by atoms with Crippen molar-refractivity contribution >= 4 is 0 Å². The maximum Gasteiger partial charge on any atom is 0.105 e. The maximum absolute atomic E-state index is 5.52. The first-order valence-corrected chi connectivity index (χ1v) is 3.72. The molecule has 0 unspecified atom stereocenters. The number of hydrogen-bond donors (Lipinski definition) is 1. The van der Waals surface area contributed by atoms with Gasteiger partial charge >= 0.3 is 0 Å². The molecule has 0 aromatic heterocycles. The summed E-state index contributed by atoms with van der Waals surface area (Å²) in [7, 11) is 4.12. The molecule has 1 fully saturated rings. The van der Waals surface area contributed by atoms with E-state index in [1.54, 1.807) is 0 Å². The summed E-state index contributed by atoms with van der Waals surface area (Å²) in [5.74, 6) is 0. The Hall–Kier alpha value is -0.120. The van der Waals surface area contributed by atoms with Crippen molar-refractivity contribution in [3.8, 4) is 0 Å². The summed E-state index contributed by atoms with van der Waals surface area (Å²) >= 11 is 0. The van der Waals surface area contributed by atoms with Crippen LogP contribution < -0.4 is 5.32 Å². The molecule has 10 heavy (non-hydrogen) atoms. The molecule has 0 saturated carbocycles. The predicted octanol–water partition coefficient (Wildman–Crippen LogP) is -0.118. The summed E-state index contributed by atoms with van der Waals surface area (Å²) in [5.41, 5.74) is 0. The van der Waals surface area contributed by atoms with Crippen molar-refractivity contribution in [3.05, 3.63) is 0 Å². The first kappa shape index (κ1) is 7.98. The molecule has 1 aliphatic rings. The summed E-state index contributed by atoms with van der Waals surface area (Å²) in [6, 6.07) is 0. The smallest absolute Gasteiger partial charge is 0.105 e. The molecule has 0 bridgehead atoms. The number of rotatable bonds is 2. The van der Waals surface area contributed by atoms with Crippen molar-refractivity contribution in [2.24, 2.45) is 0 Å². The lowest BCUT2D eigenvalue weighted by Gasteiger charge is -2.14. The van der Waals surface area contributed by atoms with Gasteiger partial charge in [-0.25, -0.2) is 0 Å². The maximum atomic E-state index is 5.52. The average Bonchev–Trinajstić information content (AvgIpc) is 2.13. The molecule has 0 aromatic rings. The third-order valence-electron chi connectivity index (χ3n) is 1.60. The highest BCUT2D eigenvalue weighted by Crippen LogP contribution is 2.03. The molecule has 2 atom stereocenters. The van der Waals surface area contributed by atoms with Crippen LogP contribution in [0.2, 0.25) is 0 Å². The van der Waals surface area contributed by atoms with Crippen molar-refractivity contribution in [2.45, 2.75) is 19.3 Å². The molecule has 0 aromatic carbocycles. The molecule has 0 spiro atoms. The molecule has 1 rings (SSSR count). The van der Waals surface area contributed by atoms with Gasteiger partial charge < -0.3 is 9.64 Å². The number of nitrogens with zero attached hydrogens (tertiary/aromatic N) is 1. The van der Waals surface area contributed by atoms with Crippen LogP contribution in [-0.4, -0.2) is 44.4 Å². The molecule has 0 radical (unpaired) electrons. The second-order valence-corrected chi connectivity index (χ2v) is 3.07. The van der Waals surface area contributed by atoms with Gasteiger partial charge in [-0.3, -0.25) is 5.32 Å². The third kappa shape index (κ3) is 2.25. The standard InChI is InChI=1S/C7H16N2O/c1-6-8-4-7(10-6)5-9(2)3/h6-8H,4-5H2,1-3H3/t6-,7+/m0/s1. The van der Waals surface area contributed by atoms with Crippen LogP contribution in [0, 0.1) is 0 Å². The Kier molecular flexibility index (Phi) is 2.65. The zero-order valence-electron chi connectivity index (χ0n) is 6.92. The Morgan fingerprint density at radius 3 is 2.70 bits per heavy atom. The zero-order valence-corrected chi connectivity index (χ0v) is 6.92. The normalized spacial score (nSPS) is 33.6. The topological polar surface area (TPSA) is 24.5 Å². The molecule has 0 aliphatic carbocycles. The van der Waals surface area contributed by atoms with E-state index in [2.05, 4.69) is 24.3 Å². The van der Waals surface area contributed by atoms with Crippen molar-refractivity contribution in [1.82, 2.24) is 10.2 Å². The number of hydrogen-bond acceptors (Lipinski definition) is 3. The Balaban J connectivity index is 2.18. The van der Waals surface area contributed by atoms with Crippen molar-refractivity contribution in [1.29, 1.82) is 0 Å². The summed E-state index contributed by atoms with van der Waals surface area (Å²) in [6.07, 6.45) is 0.620. The summed E-state index contributed by atoms with van der Waals surface area (Å²) < 4.78 is 5.52. The summed E-state index contributed by atoms with van der Waals surface area (Å²) in [6.45, 7) is 4.03. The number of ether oxygens (including phenoxy) is 1. The molecular weight excluding hydrogens is 128 g/mol. The minimum atomic E-state index is 0.241. The molecule has 3 nitrogen and oxygen atoms in total. The van der Waals surface area contributed by atoms with Crippen LogP contribution in [0.25, 0.3) is 0 Å². The molecule has 1 N–H and O–H groups in total. The lowest BCUT2D eigenvalue weighted by atomic mass is 10.3. The minimum absolute atomic E-state index is 0.241. The van der Waals surface area contributed by atoms with Gasteiger partial charge in [0.15, 0.2) is 0 Å². The second-order valence-electron chi connectivity index (χ2n) is 3.07. The van der Waals surface area contributed by atoms with Gasteiger partial charge in [-0.1, -0.05) is 0 Å². The quantitative estimate of drug-likeness (QED) is 0.585. The lowest BCUT2D eigenvalue weighted by Crippen LogP contribution is -2.28. The van der Waals surface area contributed by atoms with Gasteiger partial charge in [0.1, 0.15) is 6.23 Å². The van der Waals surface area contributed by atoms with Gasteiger partial charge in [-0.05, 0) is 21.0 Å². The number of likely N-dealkylation sites (N-methyl/N-ethyl adjacent to an activating group) is 1. The molecule has 60 valence electrons. The highest BCUT2D eigenvalue weighted by Gasteiger charge is 2.20. The third-order valence-corrected chi connectivity index (χ3v) is 1.60. The highest BCUT2D eigenvalue weighted by molar-refractivity contribution is 4.72. The van der Waals surface area contributed by atoms with Gasteiger partial charge in [0, 0.05) is 13.1 Å². The fourth-order valence-electron chi connectivity index (χ4n) is 1.20. The van der Waals surface area contributed by atoms with E-state index in [0.29, 0.717) is 6.10 Å². The summed E-state index contributed by atoms with van der Waals surface area (Å²) in [5, 5.41) is 3.23. The lowest BCUT2D eigenvalue weighted by molar-refractivity contribution is 0.0393. The van der Waals surface area contributed by atoms with E-state index in [1.807, 2.05) is 6.92 Å². The van der Waals surface area contributed by atoms with Crippen LogP contribution >= 0.6 is 0 Å². The van der Waals surface area contributed by atoms with E-state index in [0.717, 1.165) is 13.1 Å². The predicted molar refractivity (Wildman–Crippen MR) is 40.9 cm³/mol. The largest absolute Gasteiger partial charge is 0.358 e. The fourth-order valence-corrected chi connectivity index (χ4v) is 1.20. The minimum Gasteiger partial charge on any atom is -0.358 e. The van der Waals surface area contributed by atoms with Gasteiger partial charge in [-0.2, -0.15) is 0 Å². The van der Waals surface area contributed by atoms with Crippen molar-refractivity contribution in [3.63, 3.8) is 0 Å². The van der Waals surface area contributed by atoms with Crippen LogP contribution in [0.3, 0.4) is 0 Å². The Bertz CT molecular complexity index is 106. The molecule has 0 amide bonds. The van der Waals surface area contributed by atoms with Crippen molar-refractivity contribution < 1.29 is 4.74 Å². The highest BCUT2D eigenvalue weighted by atomic mass is 16.5.